The van der Waals surface area contributed by atoms with E-state index in [1.807, 2.05) is 18.2 Å². The molecular formula is C24H29N3O7. The lowest BCUT2D eigenvalue weighted by molar-refractivity contribution is -0.132. The van der Waals surface area contributed by atoms with Crippen molar-refractivity contribution in [3.05, 3.63) is 30.3 Å². The van der Waals surface area contributed by atoms with Crippen molar-refractivity contribution in [3.8, 4) is 28.6 Å². The van der Waals surface area contributed by atoms with Crippen LogP contribution in [0.3, 0.4) is 0 Å². The first-order valence-corrected chi connectivity index (χ1v) is 11.1. The molecule has 1 aromatic heterocycles. The highest BCUT2D eigenvalue weighted by molar-refractivity contribution is 5.95. The largest absolute Gasteiger partial charge is 0.486 e. The van der Waals surface area contributed by atoms with E-state index >= 15 is 0 Å². The minimum atomic E-state index is -0.843. The molecule has 0 saturated carbocycles. The van der Waals surface area contributed by atoms with E-state index in [1.165, 1.54) is 12.0 Å². The minimum Gasteiger partial charge on any atom is -0.486 e. The number of hydrogen-bond donors (Lipinski definition) is 1. The third kappa shape index (κ3) is 5.51. The molecule has 0 aliphatic carbocycles. The molecule has 1 aromatic carbocycles. The van der Waals surface area contributed by atoms with Crippen LogP contribution in [0.15, 0.2) is 30.3 Å². The van der Waals surface area contributed by atoms with Crippen LogP contribution < -0.4 is 19.5 Å². The normalized spacial score (nSPS) is 17.6. The van der Waals surface area contributed by atoms with Gasteiger partial charge in [0.25, 0.3) is 5.91 Å². The Labute approximate surface area is 198 Å². The van der Waals surface area contributed by atoms with Crippen LogP contribution >= 0.6 is 0 Å². The molecule has 2 aliphatic rings. The second-order valence-corrected chi connectivity index (χ2v) is 8.89. The molecular weight excluding hydrogens is 442 g/mol. The number of fused-ring (bicyclic) bond motifs is 1. The Balaban J connectivity index is 1.52. The van der Waals surface area contributed by atoms with Crippen molar-refractivity contribution in [2.45, 2.75) is 32.5 Å². The topological polar surface area (TPSA) is 108 Å². The molecule has 34 heavy (non-hydrogen) atoms. The van der Waals surface area contributed by atoms with Gasteiger partial charge in [0, 0.05) is 23.9 Å². The number of carbonyl (C=O) groups excluding carboxylic acids is 2. The van der Waals surface area contributed by atoms with Gasteiger partial charge in [0.2, 0.25) is 5.88 Å². The number of para-hydroxylation sites is 1. The average molecular weight is 472 g/mol. The van der Waals surface area contributed by atoms with Gasteiger partial charge in [-0.1, -0.05) is 6.07 Å². The van der Waals surface area contributed by atoms with Gasteiger partial charge in [-0.25, -0.2) is 9.78 Å². The number of carbonyl (C=O) groups is 2. The summed E-state index contributed by atoms with van der Waals surface area (Å²) < 4.78 is 27.9. The number of hydrogen-bond acceptors (Lipinski definition) is 8. The zero-order valence-electron chi connectivity index (χ0n) is 19.8. The summed E-state index contributed by atoms with van der Waals surface area (Å²) in [5.74, 6) is 1.16. The smallest absolute Gasteiger partial charge is 0.410 e. The molecule has 1 saturated heterocycles. The van der Waals surface area contributed by atoms with Crippen LogP contribution in [0, 0.1) is 0 Å². The SMILES string of the molecule is COc1cc(NC(=O)[C@H]2CN(C(=O)OC(C)(C)C)CCO2)cc(-c2cccc3c2OCCO3)n1. The number of methoxy groups -OCH3 is 1. The lowest BCUT2D eigenvalue weighted by atomic mass is 10.1. The van der Waals surface area contributed by atoms with Gasteiger partial charge in [0.05, 0.1) is 26.0 Å². The van der Waals surface area contributed by atoms with Gasteiger partial charge in [-0.2, -0.15) is 0 Å². The molecule has 0 spiro atoms. The fraction of sp³-hybridized carbons (Fsp3) is 0.458. The van der Waals surface area contributed by atoms with Gasteiger partial charge in [0.15, 0.2) is 17.6 Å². The maximum absolute atomic E-state index is 13.0. The Morgan fingerprint density at radius 1 is 1.15 bits per heavy atom. The summed E-state index contributed by atoms with van der Waals surface area (Å²) in [5.41, 5.74) is 1.12. The Morgan fingerprint density at radius 2 is 1.94 bits per heavy atom. The van der Waals surface area contributed by atoms with E-state index < -0.39 is 17.8 Å². The molecule has 3 heterocycles. The highest BCUT2D eigenvalue weighted by atomic mass is 16.6. The second-order valence-electron chi connectivity index (χ2n) is 8.89. The van der Waals surface area contributed by atoms with Crippen molar-refractivity contribution < 1.29 is 33.3 Å². The lowest BCUT2D eigenvalue weighted by Gasteiger charge is -2.33. The molecule has 2 aromatic rings. The molecule has 0 radical (unpaired) electrons. The predicted octanol–water partition coefficient (Wildman–Crippen LogP) is 3.10. The van der Waals surface area contributed by atoms with Gasteiger partial charge in [-0.05, 0) is 39.0 Å². The number of pyridine rings is 1. The van der Waals surface area contributed by atoms with E-state index in [0.29, 0.717) is 48.5 Å². The molecule has 182 valence electrons. The fourth-order valence-electron chi connectivity index (χ4n) is 3.62. The second kappa shape index (κ2) is 9.76. The van der Waals surface area contributed by atoms with Crippen LogP contribution in [0.25, 0.3) is 11.3 Å². The standard InChI is InChI=1S/C24H29N3O7/c1-24(2,3)34-23(29)27-8-9-31-19(14-27)22(28)25-15-12-17(26-20(13-15)30-4)16-6-5-7-18-21(16)33-11-10-32-18/h5-7,12-13,19H,8-11,14H2,1-4H3,(H,25,26,28)/t19-/m1/s1. The zero-order valence-corrected chi connectivity index (χ0v) is 19.8. The predicted molar refractivity (Wildman–Crippen MR) is 123 cm³/mol. The molecule has 10 heteroatoms. The summed E-state index contributed by atoms with van der Waals surface area (Å²) >= 11 is 0. The maximum atomic E-state index is 13.0. The number of aromatic nitrogens is 1. The number of benzene rings is 1. The van der Waals surface area contributed by atoms with E-state index in [-0.39, 0.29) is 19.1 Å². The van der Waals surface area contributed by atoms with Crippen LogP contribution in [-0.4, -0.2) is 73.6 Å². The molecule has 1 atom stereocenters. The molecule has 2 aliphatic heterocycles. The number of amides is 2. The van der Waals surface area contributed by atoms with Gasteiger partial charge in [-0.15, -0.1) is 0 Å². The van der Waals surface area contributed by atoms with Gasteiger partial charge in [-0.3, -0.25) is 4.79 Å². The van der Waals surface area contributed by atoms with Crippen molar-refractivity contribution in [3.63, 3.8) is 0 Å². The lowest BCUT2D eigenvalue weighted by Crippen LogP contribution is -2.51. The molecule has 2 amide bonds. The van der Waals surface area contributed by atoms with E-state index in [0.717, 1.165) is 5.56 Å². The van der Waals surface area contributed by atoms with Crippen molar-refractivity contribution in [2.24, 2.45) is 0 Å². The van der Waals surface area contributed by atoms with Crippen LogP contribution in [-0.2, 0) is 14.3 Å². The first-order chi connectivity index (χ1) is 16.2. The number of rotatable bonds is 4. The number of nitrogens with zero attached hydrogens (tertiary/aromatic N) is 2. The zero-order chi connectivity index (χ0) is 24.3. The van der Waals surface area contributed by atoms with E-state index in [1.54, 1.807) is 32.9 Å². The molecule has 10 nitrogen and oxygen atoms in total. The van der Waals surface area contributed by atoms with Crippen LogP contribution in [0.2, 0.25) is 0 Å². The molecule has 1 fully saturated rings. The summed E-state index contributed by atoms with van der Waals surface area (Å²) in [6, 6.07) is 8.88. The molecule has 4 rings (SSSR count). The summed E-state index contributed by atoms with van der Waals surface area (Å²) in [6.45, 7) is 6.98. The summed E-state index contributed by atoms with van der Waals surface area (Å²) in [4.78, 5) is 31.4. The number of nitrogens with one attached hydrogen (secondary N) is 1. The number of morpholine rings is 1. The van der Waals surface area contributed by atoms with Crippen molar-refractivity contribution >= 4 is 17.7 Å². The van der Waals surface area contributed by atoms with E-state index in [4.69, 9.17) is 23.7 Å². The number of ether oxygens (including phenoxy) is 5. The third-order valence-corrected chi connectivity index (χ3v) is 5.13. The Kier molecular flexibility index (Phi) is 6.78. The van der Waals surface area contributed by atoms with Crippen molar-refractivity contribution in [1.82, 2.24) is 9.88 Å². The van der Waals surface area contributed by atoms with Crippen LogP contribution in [0.5, 0.6) is 17.4 Å². The summed E-state index contributed by atoms with van der Waals surface area (Å²) in [6.07, 6.45) is -1.32. The Morgan fingerprint density at radius 3 is 2.71 bits per heavy atom. The highest BCUT2D eigenvalue weighted by Crippen LogP contribution is 2.40. The Bertz CT molecular complexity index is 1070. The molecule has 1 N–H and O–H groups in total. The first-order valence-electron chi connectivity index (χ1n) is 11.1. The van der Waals surface area contributed by atoms with Gasteiger partial charge >= 0.3 is 6.09 Å². The fourth-order valence-corrected chi connectivity index (χ4v) is 3.62. The van der Waals surface area contributed by atoms with Crippen LogP contribution in [0.4, 0.5) is 10.5 Å². The van der Waals surface area contributed by atoms with Crippen LogP contribution in [0.1, 0.15) is 20.8 Å². The average Bonchev–Trinajstić information content (AvgIpc) is 2.82. The van der Waals surface area contributed by atoms with Crippen molar-refractivity contribution in [2.75, 3.05) is 45.3 Å². The molecule has 0 bridgehead atoms. The summed E-state index contributed by atoms with van der Waals surface area (Å²) in [7, 11) is 1.50. The first kappa shape index (κ1) is 23.6. The maximum Gasteiger partial charge on any atom is 0.410 e. The van der Waals surface area contributed by atoms with Crippen molar-refractivity contribution in [1.29, 1.82) is 0 Å². The quantitative estimate of drug-likeness (QED) is 0.725. The Hall–Kier alpha value is -3.53. The van der Waals surface area contributed by atoms with E-state index in [9.17, 15) is 9.59 Å². The molecule has 0 unspecified atom stereocenters. The van der Waals surface area contributed by atoms with Gasteiger partial charge < -0.3 is 33.9 Å². The number of anilines is 1. The van der Waals surface area contributed by atoms with E-state index in [2.05, 4.69) is 10.3 Å². The summed E-state index contributed by atoms with van der Waals surface area (Å²) in [5, 5.41) is 2.85. The highest BCUT2D eigenvalue weighted by Gasteiger charge is 2.32. The van der Waals surface area contributed by atoms with Gasteiger partial charge in [0.1, 0.15) is 18.8 Å². The monoisotopic (exact) mass is 471 g/mol. The third-order valence-electron chi connectivity index (χ3n) is 5.13. The minimum absolute atomic E-state index is 0.0905.